The zero-order chi connectivity index (χ0) is 12.7. The molecule has 18 heavy (non-hydrogen) atoms. The molecule has 1 saturated carbocycles. The van der Waals surface area contributed by atoms with E-state index in [9.17, 15) is 4.79 Å². The predicted octanol–water partition coefficient (Wildman–Crippen LogP) is 3.10. The fourth-order valence-corrected chi connectivity index (χ4v) is 3.95. The molecule has 96 valence electrons. The molecular weight excluding hydrogens is 242 g/mol. The van der Waals surface area contributed by atoms with Gasteiger partial charge in [-0.3, -0.25) is 4.79 Å². The Kier molecular flexibility index (Phi) is 3.10. The monoisotopic (exact) mass is 261 g/mol. The zero-order valence-electron chi connectivity index (χ0n) is 10.9. The van der Waals surface area contributed by atoms with E-state index in [4.69, 9.17) is 0 Å². The summed E-state index contributed by atoms with van der Waals surface area (Å²) in [5.41, 5.74) is 1.33. The predicted molar refractivity (Wildman–Crippen MR) is 74.8 cm³/mol. The van der Waals surface area contributed by atoms with Crippen LogP contribution in [-0.2, 0) is 11.2 Å². The van der Waals surface area contributed by atoms with Gasteiger partial charge in [0.2, 0.25) is 5.91 Å². The van der Waals surface area contributed by atoms with Crippen molar-refractivity contribution in [1.82, 2.24) is 4.90 Å². The Morgan fingerprint density at radius 2 is 2.06 bits per heavy atom. The van der Waals surface area contributed by atoms with Crippen LogP contribution in [0.1, 0.15) is 32.3 Å². The Labute approximate surface area is 113 Å². The summed E-state index contributed by atoms with van der Waals surface area (Å²) in [4.78, 5) is 16.0. The highest BCUT2D eigenvalue weighted by Gasteiger charge is 2.39. The first-order valence-electron chi connectivity index (χ1n) is 6.73. The number of thioether (sulfide) groups is 1. The van der Waals surface area contributed by atoms with Crippen molar-refractivity contribution in [1.29, 1.82) is 0 Å². The molecule has 1 aromatic carbocycles. The Balaban J connectivity index is 1.75. The quantitative estimate of drug-likeness (QED) is 0.833. The third-order valence-electron chi connectivity index (χ3n) is 3.67. The van der Waals surface area contributed by atoms with E-state index in [1.807, 2.05) is 0 Å². The van der Waals surface area contributed by atoms with Crippen molar-refractivity contribution in [2.75, 3.05) is 0 Å². The van der Waals surface area contributed by atoms with E-state index in [-0.39, 0.29) is 5.25 Å². The standard InChI is InChI=1S/C15H19NOS/c1-10(2)16(12-7-8-12)15(17)14-9-11-5-3-4-6-13(11)18-14/h3-6,10,12,14H,7-9H2,1-2H3. The van der Waals surface area contributed by atoms with Gasteiger partial charge in [-0.15, -0.1) is 11.8 Å². The summed E-state index contributed by atoms with van der Waals surface area (Å²) in [5, 5.41) is 0.102. The molecule has 1 amide bonds. The highest BCUT2D eigenvalue weighted by atomic mass is 32.2. The molecule has 3 heteroatoms. The maximum Gasteiger partial charge on any atom is 0.236 e. The van der Waals surface area contributed by atoms with Gasteiger partial charge in [-0.2, -0.15) is 0 Å². The molecule has 0 aromatic heterocycles. The number of fused-ring (bicyclic) bond motifs is 1. The minimum atomic E-state index is 0.102. The summed E-state index contributed by atoms with van der Waals surface area (Å²) >= 11 is 1.74. The van der Waals surface area contributed by atoms with Gasteiger partial charge in [0.15, 0.2) is 0 Å². The van der Waals surface area contributed by atoms with Crippen LogP contribution in [0.3, 0.4) is 0 Å². The van der Waals surface area contributed by atoms with Crippen molar-refractivity contribution in [2.24, 2.45) is 0 Å². The van der Waals surface area contributed by atoms with Gasteiger partial charge >= 0.3 is 0 Å². The molecule has 1 aromatic rings. The SMILES string of the molecule is CC(C)N(C(=O)C1Cc2ccccc2S1)C1CC1. The van der Waals surface area contributed by atoms with Gasteiger partial charge in [-0.1, -0.05) is 18.2 Å². The third kappa shape index (κ3) is 2.16. The second-order valence-corrected chi connectivity index (χ2v) is 6.73. The van der Waals surface area contributed by atoms with Gasteiger partial charge < -0.3 is 4.90 Å². The van der Waals surface area contributed by atoms with E-state index < -0.39 is 0 Å². The molecule has 1 fully saturated rings. The molecule has 0 bridgehead atoms. The highest BCUT2D eigenvalue weighted by Crippen LogP contribution is 2.39. The number of amides is 1. The Morgan fingerprint density at radius 1 is 1.33 bits per heavy atom. The van der Waals surface area contributed by atoms with E-state index in [2.05, 4.69) is 43.0 Å². The van der Waals surface area contributed by atoms with Crippen molar-refractivity contribution in [3.8, 4) is 0 Å². The fraction of sp³-hybridized carbons (Fsp3) is 0.533. The first-order chi connectivity index (χ1) is 8.66. The second kappa shape index (κ2) is 4.61. The van der Waals surface area contributed by atoms with Crippen molar-refractivity contribution in [2.45, 2.75) is 55.3 Å². The number of hydrogen-bond acceptors (Lipinski definition) is 2. The number of hydrogen-bond donors (Lipinski definition) is 0. The van der Waals surface area contributed by atoms with Gasteiger partial charge in [0.05, 0.1) is 5.25 Å². The third-order valence-corrected chi connectivity index (χ3v) is 4.98. The molecule has 0 N–H and O–H groups in total. The molecule has 1 atom stereocenters. The van der Waals surface area contributed by atoms with Crippen LogP contribution in [0.25, 0.3) is 0 Å². The van der Waals surface area contributed by atoms with Gasteiger partial charge in [-0.25, -0.2) is 0 Å². The summed E-state index contributed by atoms with van der Waals surface area (Å²) in [7, 11) is 0. The second-order valence-electron chi connectivity index (χ2n) is 5.49. The molecule has 1 unspecified atom stereocenters. The average Bonchev–Trinajstić information content (AvgIpc) is 3.06. The summed E-state index contributed by atoms with van der Waals surface area (Å²) in [6.07, 6.45) is 3.28. The lowest BCUT2D eigenvalue weighted by molar-refractivity contribution is -0.132. The number of carbonyl (C=O) groups excluding carboxylic acids is 1. The van der Waals surface area contributed by atoms with E-state index in [1.165, 1.54) is 23.3 Å². The minimum absolute atomic E-state index is 0.102. The Bertz CT molecular complexity index is 440. The van der Waals surface area contributed by atoms with Gasteiger partial charge in [0.25, 0.3) is 0 Å². The number of carbonyl (C=O) groups is 1. The van der Waals surface area contributed by atoms with Gasteiger partial charge in [0, 0.05) is 17.0 Å². The maximum absolute atomic E-state index is 12.6. The smallest absolute Gasteiger partial charge is 0.236 e. The van der Waals surface area contributed by atoms with Crippen LogP contribution in [0.2, 0.25) is 0 Å². The normalized spacial score (nSPS) is 22.1. The number of benzene rings is 1. The average molecular weight is 261 g/mol. The van der Waals surface area contributed by atoms with Crippen LogP contribution in [-0.4, -0.2) is 28.1 Å². The molecule has 0 radical (unpaired) electrons. The van der Waals surface area contributed by atoms with E-state index in [1.54, 1.807) is 11.8 Å². The van der Waals surface area contributed by atoms with Crippen LogP contribution < -0.4 is 0 Å². The van der Waals surface area contributed by atoms with E-state index >= 15 is 0 Å². The highest BCUT2D eigenvalue weighted by molar-refractivity contribution is 8.01. The summed E-state index contributed by atoms with van der Waals surface area (Å²) in [5.74, 6) is 0.341. The molecule has 0 spiro atoms. The molecular formula is C15H19NOS. The minimum Gasteiger partial charge on any atom is -0.336 e. The van der Waals surface area contributed by atoms with Crippen LogP contribution in [0, 0.1) is 0 Å². The lowest BCUT2D eigenvalue weighted by Crippen LogP contribution is -2.43. The lowest BCUT2D eigenvalue weighted by Gasteiger charge is -2.29. The van der Waals surface area contributed by atoms with E-state index in [0.29, 0.717) is 18.0 Å². The number of rotatable bonds is 3. The molecule has 0 saturated heterocycles. The molecule has 1 aliphatic carbocycles. The summed E-state index contributed by atoms with van der Waals surface area (Å²) in [6.45, 7) is 4.26. The molecule has 1 aliphatic heterocycles. The summed E-state index contributed by atoms with van der Waals surface area (Å²) in [6, 6.07) is 9.24. The van der Waals surface area contributed by atoms with E-state index in [0.717, 1.165) is 6.42 Å². The molecule has 2 nitrogen and oxygen atoms in total. The summed E-state index contributed by atoms with van der Waals surface area (Å²) < 4.78 is 0. The molecule has 1 heterocycles. The van der Waals surface area contributed by atoms with Gasteiger partial charge in [0.1, 0.15) is 0 Å². The van der Waals surface area contributed by atoms with Crippen molar-refractivity contribution in [3.05, 3.63) is 29.8 Å². The first-order valence-corrected chi connectivity index (χ1v) is 7.61. The Hall–Kier alpha value is -0.960. The largest absolute Gasteiger partial charge is 0.336 e. The molecule has 3 rings (SSSR count). The Morgan fingerprint density at radius 3 is 2.67 bits per heavy atom. The maximum atomic E-state index is 12.6. The van der Waals surface area contributed by atoms with Crippen LogP contribution in [0.5, 0.6) is 0 Å². The lowest BCUT2D eigenvalue weighted by atomic mass is 10.1. The van der Waals surface area contributed by atoms with Crippen LogP contribution >= 0.6 is 11.8 Å². The van der Waals surface area contributed by atoms with Gasteiger partial charge in [-0.05, 0) is 44.7 Å². The van der Waals surface area contributed by atoms with Crippen molar-refractivity contribution >= 4 is 17.7 Å². The topological polar surface area (TPSA) is 20.3 Å². The molecule has 2 aliphatic rings. The van der Waals surface area contributed by atoms with Crippen LogP contribution in [0.15, 0.2) is 29.2 Å². The fourth-order valence-electron chi connectivity index (χ4n) is 2.69. The van der Waals surface area contributed by atoms with Crippen molar-refractivity contribution in [3.63, 3.8) is 0 Å². The van der Waals surface area contributed by atoms with Crippen LogP contribution in [0.4, 0.5) is 0 Å². The number of nitrogens with zero attached hydrogens (tertiary/aromatic N) is 1. The zero-order valence-corrected chi connectivity index (χ0v) is 11.7. The van der Waals surface area contributed by atoms with Crippen molar-refractivity contribution < 1.29 is 4.79 Å². The first kappa shape index (κ1) is 12.1.